The first kappa shape index (κ1) is 14.4. The molecule has 0 aliphatic carbocycles. The Labute approximate surface area is 127 Å². The number of alkyl halides is 1. The highest BCUT2D eigenvalue weighted by molar-refractivity contribution is 9.08. The zero-order valence-electron chi connectivity index (χ0n) is 11.3. The second-order valence-electron chi connectivity index (χ2n) is 4.69. The van der Waals surface area contributed by atoms with Gasteiger partial charge in [0.1, 0.15) is 11.5 Å². The molecule has 2 rings (SSSR count). The standard InChI is InChI=1S/C16H16BrClO/c1-10-6-11(2)12(3)16(7-10)19-14-5-4-13(9-17)15(18)8-14/h4-8H,9H2,1-3H3. The lowest BCUT2D eigenvalue weighted by atomic mass is 10.1. The van der Waals surface area contributed by atoms with Crippen molar-refractivity contribution in [1.29, 1.82) is 0 Å². The summed E-state index contributed by atoms with van der Waals surface area (Å²) in [6, 6.07) is 9.98. The molecule has 19 heavy (non-hydrogen) atoms. The normalized spacial score (nSPS) is 10.6. The lowest BCUT2D eigenvalue weighted by Gasteiger charge is -2.13. The summed E-state index contributed by atoms with van der Waals surface area (Å²) >= 11 is 9.59. The van der Waals surface area contributed by atoms with Gasteiger partial charge in [0.15, 0.2) is 0 Å². The van der Waals surface area contributed by atoms with Crippen LogP contribution in [0.1, 0.15) is 22.3 Å². The van der Waals surface area contributed by atoms with Gasteiger partial charge in [-0.2, -0.15) is 0 Å². The van der Waals surface area contributed by atoms with Crippen LogP contribution in [0.2, 0.25) is 5.02 Å². The average Bonchev–Trinajstić information content (AvgIpc) is 2.35. The van der Waals surface area contributed by atoms with E-state index in [-0.39, 0.29) is 0 Å². The molecule has 2 aromatic rings. The third-order valence-corrected chi connectivity index (χ3v) is 4.12. The quantitative estimate of drug-likeness (QED) is 0.628. The first-order chi connectivity index (χ1) is 9.01. The maximum Gasteiger partial charge on any atom is 0.130 e. The smallest absolute Gasteiger partial charge is 0.130 e. The summed E-state index contributed by atoms with van der Waals surface area (Å²) < 4.78 is 5.95. The van der Waals surface area contributed by atoms with E-state index in [0.29, 0.717) is 0 Å². The van der Waals surface area contributed by atoms with Gasteiger partial charge in [-0.1, -0.05) is 39.7 Å². The maximum atomic E-state index is 6.19. The van der Waals surface area contributed by atoms with Crippen molar-refractivity contribution in [2.24, 2.45) is 0 Å². The Morgan fingerprint density at radius 3 is 2.47 bits per heavy atom. The Kier molecular flexibility index (Phi) is 4.54. The zero-order chi connectivity index (χ0) is 14.0. The monoisotopic (exact) mass is 338 g/mol. The fourth-order valence-electron chi connectivity index (χ4n) is 1.93. The molecule has 2 aromatic carbocycles. The van der Waals surface area contributed by atoms with Crippen LogP contribution in [0, 0.1) is 20.8 Å². The van der Waals surface area contributed by atoms with Crippen LogP contribution >= 0.6 is 27.5 Å². The highest BCUT2D eigenvalue weighted by atomic mass is 79.9. The molecule has 0 aliphatic heterocycles. The van der Waals surface area contributed by atoms with E-state index in [9.17, 15) is 0 Å². The van der Waals surface area contributed by atoms with Crippen molar-refractivity contribution in [3.63, 3.8) is 0 Å². The summed E-state index contributed by atoms with van der Waals surface area (Å²) in [5.41, 5.74) is 4.65. The van der Waals surface area contributed by atoms with Crippen molar-refractivity contribution >= 4 is 27.5 Å². The topological polar surface area (TPSA) is 9.23 Å². The van der Waals surface area contributed by atoms with Crippen molar-refractivity contribution in [2.75, 3.05) is 0 Å². The molecule has 0 unspecified atom stereocenters. The number of rotatable bonds is 3. The summed E-state index contributed by atoms with van der Waals surface area (Å²) in [5.74, 6) is 1.66. The largest absolute Gasteiger partial charge is 0.457 e. The van der Waals surface area contributed by atoms with Gasteiger partial charge in [-0.15, -0.1) is 0 Å². The minimum atomic E-state index is 0.719. The lowest BCUT2D eigenvalue weighted by molar-refractivity contribution is 0.478. The molecule has 0 aromatic heterocycles. The van der Waals surface area contributed by atoms with E-state index >= 15 is 0 Å². The zero-order valence-corrected chi connectivity index (χ0v) is 13.6. The Morgan fingerprint density at radius 1 is 1.11 bits per heavy atom. The van der Waals surface area contributed by atoms with Gasteiger partial charge in [-0.05, 0) is 61.2 Å². The summed E-state index contributed by atoms with van der Waals surface area (Å²) in [6.07, 6.45) is 0. The molecule has 0 saturated heterocycles. The van der Waals surface area contributed by atoms with Crippen LogP contribution in [-0.2, 0) is 5.33 Å². The third kappa shape index (κ3) is 3.31. The van der Waals surface area contributed by atoms with E-state index in [2.05, 4.69) is 48.8 Å². The van der Waals surface area contributed by atoms with E-state index in [1.54, 1.807) is 0 Å². The van der Waals surface area contributed by atoms with Gasteiger partial charge < -0.3 is 4.74 Å². The first-order valence-corrected chi connectivity index (χ1v) is 7.61. The Morgan fingerprint density at radius 2 is 1.84 bits per heavy atom. The van der Waals surface area contributed by atoms with E-state index in [0.717, 1.165) is 33.0 Å². The van der Waals surface area contributed by atoms with Gasteiger partial charge in [0.2, 0.25) is 0 Å². The Hall–Kier alpha value is -0.990. The van der Waals surface area contributed by atoms with Gasteiger partial charge in [-0.25, -0.2) is 0 Å². The van der Waals surface area contributed by atoms with E-state index in [4.69, 9.17) is 16.3 Å². The van der Waals surface area contributed by atoms with Crippen LogP contribution in [0.15, 0.2) is 30.3 Å². The average molecular weight is 340 g/mol. The van der Waals surface area contributed by atoms with Crippen LogP contribution in [0.4, 0.5) is 0 Å². The van der Waals surface area contributed by atoms with Gasteiger partial charge in [0.25, 0.3) is 0 Å². The van der Waals surface area contributed by atoms with Crippen LogP contribution in [-0.4, -0.2) is 0 Å². The number of hydrogen-bond donors (Lipinski definition) is 0. The van der Waals surface area contributed by atoms with Crippen molar-refractivity contribution in [1.82, 2.24) is 0 Å². The number of benzene rings is 2. The second-order valence-corrected chi connectivity index (χ2v) is 5.66. The number of halogens is 2. The molecule has 1 nitrogen and oxygen atoms in total. The molecule has 0 aliphatic rings. The number of aryl methyl sites for hydroxylation is 2. The molecule has 0 spiro atoms. The van der Waals surface area contributed by atoms with Crippen molar-refractivity contribution < 1.29 is 4.74 Å². The molecule has 0 radical (unpaired) electrons. The molecule has 0 amide bonds. The summed E-state index contributed by atoms with van der Waals surface area (Å²) in [5, 5.41) is 1.46. The Bertz CT molecular complexity index is 608. The van der Waals surface area contributed by atoms with Gasteiger partial charge >= 0.3 is 0 Å². The summed E-state index contributed by atoms with van der Waals surface area (Å²) in [7, 11) is 0. The number of hydrogen-bond acceptors (Lipinski definition) is 1. The minimum Gasteiger partial charge on any atom is -0.457 e. The molecule has 100 valence electrons. The van der Waals surface area contributed by atoms with E-state index in [1.807, 2.05) is 18.2 Å². The van der Waals surface area contributed by atoms with Gasteiger partial charge in [0.05, 0.1) is 0 Å². The molecule has 0 atom stereocenters. The predicted molar refractivity (Wildman–Crippen MR) is 84.8 cm³/mol. The highest BCUT2D eigenvalue weighted by Gasteiger charge is 2.07. The molecule has 0 saturated carbocycles. The highest BCUT2D eigenvalue weighted by Crippen LogP contribution is 2.31. The van der Waals surface area contributed by atoms with Crippen LogP contribution in [0.25, 0.3) is 0 Å². The molecule has 0 heterocycles. The van der Waals surface area contributed by atoms with Crippen LogP contribution in [0.5, 0.6) is 11.5 Å². The molecule has 0 fully saturated rings. The molecule has 0 N–H and O–H groups in total. The van der Waals surface area contributed by atoms with Crippen LogP contribution < -0.4 is 4.74 Å². The minimum absolute atomic E-state index is 0.719. The molecule has 3 heteroatoms. The van der Waals surface area contributed by atoms with Crippen molar-refractivity contribution in [2.45, 2.75) is 26.1 Å². The maximum absolute atomic E-state index is 6.19. The van der Waals surface area contributed by atoms with E-state index in [1.165, 1.54) is 11.1 Å². The summed E-state index contributed by atoms with van der Waals surface area (Å²) in [4.78, 5) is 0. The van der Waals surface area contributed by atoms with Gasteiger partial charge in [0, 0.05) is 10.4 Å². The molecular formula is C16H16BrClO. The van der Waals surface area contributed by atoms with Gasteiger partial charge in [-0.3, -0.25) is 0 Å². The van der Waals surface area contributed by atoms with E-state index < -0.39 is 0 Å². The van der Waals surface area contributed by atoms with Crippen LogP contribution in [0.3, 0.4) is 0 Å². The lowest BCUT2D eigenvalue weighted by Crippen LogP contribution is -1.92. The first-order valence-electron chi connectivity index (χ1n) is 6.11. The SMILES string of the molecule is Cc1cc(C)c(C)c(Oc2ccc(CBr)c(Cl)c2)c1. The summed E-state index contributed by atoms with van der Waals surface area (Å²) in [6.45, 7) is 6.23. The fraction of sp³-hybridized carbons (Fsp3) is 0.250. The third-order valence-electron chi connectivity index (χ3n) is 3.16. The second kappa shape index (κ2) is 5.98. The van der Waals surface area contributed by atoms with Crippen molar-refractivity contribution in [3.05, 3.63) is 57.6 Å². The molecular weight excluding hydrogens is 324 g/mol. The Balaban J connectivity index is 2.33. The number of ether oxygens (including phenoxy) is 1. The van der Waals surface area contributed by atoms with Crippen molar-refractivity contribution in [3.8, 4) is 11.5 Å². The fourth-order valence-corrected chi connectivity index (χ4v) is 2.82. The predicted octanol–water partition coefficient (Wildman–Crippen LogP) is 5.95. The molecule has 0 bridgehead atoms.